The summed E-state index contributed by atoms with van der Waals surface area (Å²) >= 11 is 0. The SMILES string of the molecule is Cc1cccc(C)c1N(Cc1ccc(C(=O)NC2CC3(CCCCC3)Oc3ccccc32)cc1)S(C)(=O)=O. The van der Waals surface area contributed by atoms with Gasteiger partial charge in [-0.05, 0) is 74.4 Å². The summed E-state index contributed by atoms with van der Waals surface area (Å²) in [6, 6.07) is 20.9. The molecule has 0 saturated heterocycles. The van der Waals surface area contributed by atoms with Crippen LogP contribution in [0.4, 0.5) is 5.69 Å². The third-order valence-electron chi connectivity index (χ3n) is 7.90. The zero-order valence-electron chi connectivity index (χ0n) is 22.4. The molecule has 1 amide bonds. The fourth-order valence-electron chi connectivity index (χ4n) is 5.98. The van der Waals surface area contributed by atoms with E-state index in [9.17, 15) is 13.2 Å². The van der Waals surface area contributed by atoms with Gasteiger partial charge in [-0.3, -0.25) is 9.10 Å². The number of benzene rings is 3. The Morgan fingerprint density at radius 3 is 2.26 bits per heavy atom. The number of aryl methyl sites for hydroxylation is 2. The second-order valence-corrected chi connectivity index (χ2v) is 12.7. The maximum atomic E-state index is 13.3. The number of anilines is 1. The molecule has 5 rings (SSSR count). The van der Waals surface area contributed by atoms with Crippen molar-refractivity contribution in [2.24, 2.45) is 0 Å². The molecular weight excluding hydrogens is 496 g/mol. The quantitative estimate of drug-likeness (QED) is 0.409. The molecule has 0 radical (unpaired) electrons. The lowest BCUT2D eigenvalue weighted by molar-refractivity contribution is -0.00210. The van der Waals surface area contributed by atoms with Gasteiger partial charge in [0.05, 0.1) is 24.5 Å². The molecule has 3 aromatic rings. The van der Waals surface area contributed by atoms with Crippen LogP contribution in [0.1, 0.15) is 77.2 Å². The summed E-state index contributed by atoms with van der Waals surface area (Å²) in [7, 11) is -3.51. The van der Waals surface area contributed by atoms with Crippen LogP contribution >= 0.6 is 0 Å². The number of carbonyl (C=O) groups is 1. The molecule has 7 heteroatoms. The molecule has 1 heterocycles. The van der Waals surface area contributed by atoms with Crippen LogP contribution in [0.5, 0.6) is 5.75 Å². The first-order valence-electron chi connectivity index (χ1n) is 13.4. The normalized spacial score (nSPS) is 18.3. The molecule has 1 N–H and O–H groups in total. The minimum Gasteiger partial charge on any atom is -0.487 e. The summed E-state index contributed by atoms with van der Waals surface area (Å²) < 4.78 is 33.4. The second kappa shape index (κ2) is 10.4. The topological polar surface area (TPSA) is 75.7 Å². The van der Waals surface area contributed by atoms with Crippen molar-refractivity contribution in [3.63, 3.8) is 0 Å². The molecule has 1 aliphatic heterocycles. The smallest absolute Gasteiger partial charge is 0.251 e. The van der Waals surface area contributed by atoms with Gasteiger partial charge < -0.3 is 10.1 Å². The number of nitrogens with one attached hydrogen (secondary N) is 1. The Bertz CT molecular complexity index is 1410. The highest BCUT2D eigenvalue weighted by atomic mass is 32.2. The van der Waals surface area contributed by atoms with Crippen molar-refractivity contribution >= 4 is 21.6 Å². The Morgan fingerprint density at radius 1 is 0.947 bits per heavy atom. The van der Waals surface area contributed by atoms with E-state index in [1.54, 1.807) is 12.1 Å². The highest BCUT2D eigenvalue weighted by Gasteiger charge is 2.42. The Kier molecular flexibility index (Phi) is 7.23. The van der Waals surface area contributed by atoms with Crippen molar-refractivity contribution in [2.45, 2.75) is 70.6 Å². The van der Waals surface area contributed by atoms with Crippen molar-refractivity contribution in [1.29, 1.82) is 0 Å². The first-order chi connectivity index (χ1) is 18.2. The molecular formula is C31H36N2O4S. The van der Waals surface area contributed by atoms with E-state index < -0.39 is 10.0 Å². The number of ether oxygens (including phenoxy) is 1. The van der Waals surface area contributed by atoms with Crippen molar-refractivity contribution in [3.8, 4) is 5.75 Å². The van der Waals surface area contributed by atoms with Crippen LogP contribution in [-0.2, 0) is 16.6 Å². The van der Waals surface area contributed by atoms with Gasteiger partial charge in [0.15, 0.2) is 0 Å². The fraction of sp³-hybridized carbons (Fsp3) is 0.387. The molecule has 200 valence electrons. The minimum absolute atomic E-state index is 0.116. The molecule has 0 bridgehead atoms. The summed E-state index contributed by atoms with van der Waals surface area (Å²) in [5, 5.41) is 3.26. The molecule has 1 spiro atoms. The van der Waals surface area contributed by atoms with Crippen LogP contribution in [0.15, 0.2) is 66.7 Å². The number of rotatable bonds is 6. The van der Waals surface area contributed by atoms with Crippen LogP contribution in [0, 0.1) is 13.8 Å². The first kappa shape index (κ1) is 26.3. The molecule has 1 saturated carbocycles. The molecule has 0 aromatic heterocycles. The van der Waals surface area contributed by atoms with Gasteiger partial charge in [0.2, 0.25) is 10.0 Å². The Morgan fingerprint density at radius 2 is 1.61 bits per heavy atom. The number of nitrogens with zero attached hydrogens (tertiary/aromatic N) is 1. The molecule has 3 aromatic carbocycles. The Hall–Kier alpha value is -3.32. The van der Waals surface area contributed by atoms with Crippen molar-refractivity contribution < 1.29 is 17.9 Å². The third-order valence-corrected chi connectivity index (χ3v) is 9.01. The van der Waals surface area contributed by atoms with Crippen molar-refractivity contribution in [3.05, 3.63) is 94.5 Å². The summed E-state index contributed by atoms with van der Waals surface area (Å²) in [6.07, 6.45) is 7.56. The van der Waals surface area contributed by atoms with E-state index >= 15 is 0 Å². The number of sulfonamides is 1. The van der Waals surface area contributed by atoms with Gasteiger partial charge in [0.25, 0.3) is 5.91 Å². The lowest BCUT2D eigenvalue weighted by Gasteiger charge is -2.44. The molecule has 1 fully saturated rings. The van der Waals surface area contributed by atoms with Crippen LogP contribution in [0.2, 0.25) is 0 Å². The standard InChI is InChI=1S/C31H36N2O4S/c1-22-10-9-11-23(2)29(22)33(38(3,35)36)21-24-14-16-25(17-15-24)30(34)32-27-20-31(18-7-4-8-19-31)37-28-13-6-5-12-26(27)28/h5-6,9-17,27H,4,7-8,18-21H2,1-3H3,(H,32,34). The average molecular weight is 533 g/mol. The molecule has 6 nitrogen and oxygen atoms in total. The van der Waals surface area contributed by atoms with Gasteiger partial charge in [0.1, 0.15) is 11.4 Å². The number of carbonyl (C=O) groups excluding carboxylic acids is 1. The first-order valence-corrected chi connectivity index (χ1v) is 15.2. The zero-order chi connectivity index (χ0) is 26.9. The monoisotopic (exact) mass is 532 g/mol. The fourth-order valence-corrected chi connectivity index (χ4v) is 6.98. The second-order valence-electron chi connectivity index (χ2n) is 10.8. The van der Waals surface area contributed by atoms with E-state index in [4.69, 9.17) is 4.74 Å². The molecule has 2 aliphatic rings. The van der Waals surface area contributed by atoms with Gasteiger partial charge >= 0.3 is 0 Å². The van der Waals surface area contributed by atoms with E-state index in [0.717, 1.165) is 60.1 Å². The maximum Gasteiger partial charge on any atom is 0.251 e. The average Bonchev–Trinajstić information content (AvgIpc) is 2.88. The summed E-state index contributed by atoms with van der Waals surface area (Å²) in [4.78, 5) is 13.3. The lowest BCUT2D eigenvalue weighted by Crippen LogP contribution is -2.46. The maximum absolute atomic E-state index is 13.3. The third kappa shape index (κ3) is 5.44. The van der Waals surface area contributed by atoms with Gasteiger partial charge in [-0.2, -0.15) is 0 Å². The van der Waals surface area contributed by atoms with Crippen molar-refractivity contribution in [2.75, 3.05) is 10.6 Å². The summed E-state index contributed by atoms with van der Waals surface area (Å²) in [5.74, 6) is 0.729. The van der Waals surface area contributed by atoms with Crippen molar-refractivity contribution in [1.82, 2.24) is 5.32 Å². The van der Waals surface area contributed by atoms with Crippen LogP contribution < -0.4 is 14.4 Å². The molecule has 1 unspecified atom stereocenters. The van der Waals surface area contributed by atoms with E-state index in [1.165, 1.54) is 17.0 Å². The predicted molar refractivity (Wildman–Crippen MR) is 151 cm³/mol. The lowest BCUT2D eigenvalue weighted by atomic mass is 9.77. The largest absolute Gasteiger partial charge is 0.487 e. The van der Waals surface area contributed by atoms with E-state index in [-0.39, 0.29) is 24.1 Å². The minimum atomic E-state index is -3.51. The van der Waals surface area contributed by atoms with Crippen LogP contribution in [0.25, 0.3) is 0 Å². The number of amides is 1. The van der Waals surface area contributed by atoms with Gasteiger partial charge in [-0.25, -0.2) is 8.42 Å². The zero-order valence-corrected chi connectivity index (χ0v) is 23.2. The van der Waals surface area contributed by atoms with Crippen LogP contribution in [-0.4, -0.2) is 26.2 Å². The molecule has 1 aliphatic carbocycles. The predicted octanol–water partition coefficient (Wildman–Crippen LogP) is 6.23. The van der Waals surface area contributed by atoms with Gasteiger partial charge in [0, 0.05) is 17.5 Å². The molecule has 1 atom stereocenters. The van der Waals surface area contributed by atoms with Crippen LogP contribution in [0.3, 0.4) is 0 Å². The van der Waals surface area contributed by atoms with E-state index in [1.807, 2.05) is 68.4 Å². The number of fused-ring (bicyclic) bond motifs is 1. The number of hydrogen-bond acceptors (Lipinski definition) is 4. The Balaban J connectivity index is 1.34. The number of para-hydroxylation sites is 2. The van der Waals surface area contributed by atoms with E-state index in [2.05, 4.69) is 5.32 Å². The van der Waals surface area contributed by atoms with Gasteiger partial charge in [-0.15, -0.1) is 0 Å². The highest BCUT2D eigenvalue weighted by molar-refractivity contribution is 7.92. The number of hydrogen-bond donors (Lipinski definition) is 1. The summed E-state index contributed by atoms with van der Waals surface area (Å²) in [5.41, 5.74) is 4.67. The van der Waals surface area contributed by atoms with Gasteiger partial charge in [-0.1, -0.05) is 55.0 Å². The summed E-state index contributed by atoms with van der Waals surface area (Å²) in [6.45, 7) is 4.03. The highest BCUT2D eigenvalue weighted by Crippen LogP contribution is 2.46. The van der Waals surface area contributed by atoms with E-state index in [0.29, 0.717) is 11.3 Å². The Labute approximate surface area is 226 Å². The molecule has 38 heavy (non-hydrogen) atoms.